The molecule has 0 unspecified atom stereocenters. The highest BCUT2D eigenvalue weighted by atomic mass is 35.5. The van der Waals surface area contributed by atoms with E-state index >= 15 is 0 Å². The number of carbonyl (C=O) groups excluding carboxylic acids is 1. The number of hydrogen-bond acceptors (Lipinski definition) is 2. The van der Waals surface area contributed by atoms with Crippen LogP contribution in [0.3, 0.4) is 0 Å². The molecule has 0 aliphatic heterocycles. The van der Waals surface area contributed by atoms with E-state index in [4.69, 9.17) is 16.7 Å². The molecule has 2 N–H and O–H groups in total. The van der Waals surface area contributed by atoms with Gasteiger partial charge in [0.05, 0.1) is 10.4 Å². The van der Waals surface area contributed by atoms with Crippen LogP contribution in [-0.2, 0) is 9.59 Å². The highest BCUT2D eigenvalue weighted by Crippen LogP contribution is 2.44. The predicted molar refractivity (Wildman–Crippen MR) is 68.6 cm³/mol. The molecule has 0 saturated heterocycles. The fourth-order valence-electron chi connectivity index (χ4n) is 2.16. The molecule has 1 aliphatic rings. The molecule has 1 aliphatic carbocycles. The second-order valence-electron chi connectivity index (χ2n) is 4.79. The molecule has 2 rings (SSSR count). The minimum absolute atomic E-state index is 0.0721. The van der Waals surface area contributed by atoms with Gasteiger partial charge in [0.15, 0.2) is 0 Å². The van der Waals surface area contributed by atoms with Crippen molar-refractivity contribution in [2.75, 3.05) is 5.32 Å². The van der Waals surface area contributed by atoms with Gasteiger partial charge in [-0.05, 0) is 31.0 Å². The molecule has 6 heteroatoms. The summed E-state index contributed by atoms with van der Waals surface area (Å²) < 4.78 is 13.0. The van der Waals surface area contributed by atoms with E-state index in [1.165, 1.54) is 12.1 Å². The second-order valence-corrected chi connectivity index (χ2v) is 5.20. The molecule has 0 spiro atoms. The predicted octanol–water partition coefficient (Wildman–Crippen LogP) is 3.06. The summed E-state index contributed by atoms with van der Waals surface area (Å²) in [5, 5.41) is 11.6. The molecule has 0 bridgehead atoms. The zero-order chi connectivity index (χ0) is 14.0. The normalized spacial score (nSPS) is 16.5. The average Bonchev–Trinajstić information content (AvgIpc) is 2.28. The molecule has 102 valence electrons. The molecular weight excluding hydrogens is 273 g/mol. The van der Waals surface area contributed by atoms with Gasteiger partial charge in [-0.25, -0.2) is 4.39 Å². The zero-order valence-corrected chi connectivity index (χ0v) is 10.8. The third-order valence-corrected chi connectivity index (χ3v) is 3.76. The van der Waals surface area contributed by atoms with Crippen LogP contribution in [0, 0.1) is 11.2 Å². The van der Waals surface area contributed by atoms with E-state index in [0.717, 1.165) is 12.5 Å². The summed E-state index contributed by atoms with van der Waals surface area (Å²) in [6.07, 6.45) is 1.78. The summed E-state index contributed by atoms with van der Waals surface area (Å²) in [7, 11) is 0. The monoisotopic (exact) mass is 285 g/mol. The lowest BCUT2D eigenvalue weighted by atomic mass is 9.66. The third kappa shape index (κ3) is 2.87. The van der Waals surface area contributed by atoms with E-state index in [-0.39, 0.29) is 11.4 Å². The number of carboxylic acid groups (broad SMARTS) is 1. The van der Waals surface area contributed by atoms with Gasteiger partial charge in [-0.15, -0.1) is 0 Å². The Morgan fingerprint density at radius 2 is 2.11 bits per heavy atom. The number of carboxylic acids is 1. The fraction of sp³-hybridized carbons (Fsp3) is 0.385. The first-order valence-corrected chi connectivity index (χ1v) is 6.29. The molecular formula is C13H13ClFNO3. The van der Waals surface area contributed by atoms with Crippen LogP contribution < -0.4 is 5.32 Å². The molecule has 4 nitrogen and oxygen atoms in total. The van der Waals surface area contributed by atoms with Crippen molar-refractivity contribution in [3.63, 3.8) is 0 Å². The SMILES string of the molecule is O=C(CC1(C(=O)O)CCC1)Nc1ccc(F)c(Cl)c1. The Morgan fingerprint density at radius 1 is 1.42 bits per heavy atom. The van der Waals surface area contributed by atoms with Crippen LogP contribution in [-0.4, -0.2) is 17.0 Å². The quantitative estimate of drug-likeness (QED) is 0.893. The van der Waals surface area contributed by atoms with Gasteiger partial charge in [0.1, 0.15) is 5.82 Å². The van der Waals surface area contributed by atoms with E-state index in [9.17, 15) is 14.0 Å². The molecule has 0 heterocycles. The van der Waals surface area contributed by atoms with Crippen LogP contribution >= 0.6 is 11.6 Å². The van der Waals surface area contributed by atoms with E-state index in [2.05, 4.69) is 5.32 Å². The smallest absolute Gasteiger partial charge is 0.310 e. The number of anilines is 1. The minimum atomic E-state index is -0.939. The Balaban J connectivity index is 2.01. The second kappa shape index (κ2) is 5.17. The van der Waals surface area contributed by atoms with E-state index in [0.29, 0.717) is 18.5 Å². The van der Waals surface area contributed by atoms with Crippen molar-refractivity contribution in [2.45, 2.75) is 25.7 Å². The number of benzene rings is 1. The molecule has 1 fully saturated rings. The molecule has 1 aromatic carbocycles. The Hall–Kier alpha value is -1.62. The van der Waals surface area contributed by atoms with Gasteiger partial charge in [-0.1, -0.05) is 18.0 Å². The van der Waals surface area contributed by atoms with Crippen molar-refractivity contribution in [3.05, 3.63) is 29.0 Å². The standard InChI is InChI=1S/C13H13ClFNO3/c14-9-6-8(2-3-10(9)15)16-11(17)7-13(12(18)19)4-1-5-13/h2-3,6H,1,4-5,7H2,(H,16,17)(H,18,19). The molecule has 1 amide bonds. The van der Waals surface area contributed by atoms with Gasteiger partial charge >= 0.3 is 5.97 Å². The number of halogens is 2. The molecule has 19 heavy (non-hydrogen) atoms. The lowest BCUT2D eigenvalue weighted by Crippen LogP contribution is -2.41. The molecule has 0 radical (unpaired) electrons. The van der Waals surface area contributed by atoms with Crippen molar-refractivity contribution in [1.29, 1.82) is 0 Å². The molecule has 1 saturated carbocycles. The van der Waals surface area contributed by atoms with Gasteiger partial charge in [0.2, 0.25) is 5.91 Å². The van der Waals surface area contributed by atoms with Crippen LogP contribution in [0.25, 0.3) is 0 Å². The van der Waals surface area contributed by atoms with Crippen molar-refractivity contribution in [3.8, 4) is 0 Å². The summed E-state index contributed by atoms with van der Waals surface area (Å²) in [5.41, 5.74) is -0.579. The number of nitrogens with one attached hydrogen (secondary N) is 1. The Bertz CT molecular complexity index is 529. The van der Waals surface area contributed by atoms with Gasteiger partial charge in [-0.3, -0.25) is 9.59 Å². The van der Waals surface area contributed by atoms with Crippen molar-refractivity contribution in [2.24, 2.45) is 5.41 Å². The van der Waals surface area contributed by atoms with Crippen LogP contribution in [0.5, 0.6) is 0 Å². The van der Waals surface area contributed by atoms with Crippen molar-refractivity contribution < 1.29 is 19.1 Å². The zero-order valence-electron chi connectivity index (χ0n) is 10.1. The van der Waals surface area contributed by atoms with E-state index < -0.39 is 23.1 Å². The first-order chi connectivity index (χ1) is 8.93. The highest BCUT2D eigenvalue weighted by molar-refractivity contribution is 6.31. The lowest BCUT2D eigenvalue weighted by molar-refractivity contribution is -0.157. The molecule has 0 aromatic heterocycles. The number of amides is 1. The van der Waals surface area contributed by atoms with Gasteiger partial charge in [0.25, 0.3) is 0 Å². The van der Waals surface area contributed by atoms with Crippen molar-refractivity contribution in [1.82, 2.24) is 0 Å². The van der Waals surface area contributed by atoms with Crippen LogP contribution in [0.1, 0.15) is 25.7 Å². The maximum Gasteiger partial charge on any atom is 0.310 e. The van der Waals surface area contributed by atoms with Crippen LogP contribution in [0.4, 0.5) is 10.1 Å². The number of aliphatic carboxylic acids is 1. The fourth-order valence-corrected chi connectivity index (χ4v) is 2.34. The first kappa shape index (κ1) is 13.8. The largest absolute Gasteiger partial charge is 0.481 e. The first-order valence-electron chi connectivity index (χ1n) is 5.91. The van der Waals surface area contributed by atoms with Gasteiger partial charge < -0.3 is 10.4 Å². The van der Waals surface area contributed by atoms with E-state index in [1.54, 1.807) is 0 Å². The number of carbonyl (C=O) groups is 2. The van der Waals surface area contributed by atoms with Crippen LogP contribution in [0.15, 0.2) is 18.2 Å². The summed E-state index contributed by atoms with van der Waals surface area (Å²) in [4.78, 5) is 22.9. The van der Waals surface area contributed by atoms with Gasteiger partial charge in [-0.2, -0.15) is 0 Å². The number of rotatable bonds is 4. The molecule has 1 aromatic rings. The summed E-state index contributed by atoms with van der Waals surface area (Å²) in [6, 6.07) is 3.82. The topological polar surface area (TPSA) is 66.4 Å². The van der Waals surface area contributed by atoms with Crippen LogP contribution in [0.2, 0.25) is 5.02 Å². The maximum atomic E-state index is 13.0. The third-order valence-electron chi connectivity index (χ3n) is 3.47. The summed E-state index contributed by atoms with van der Waals surface area (Å²) in [6.45, 7) is 0. The highest BCUT2D eigenvalue weighted by Gasteiger charge is 2.45. The number of hydrogen-bond donors (Lipinski definition) is 2. The Labute approximate surface area is 114 Å². The molecule has 0 atom stereocenters. The summed E-state index contributed by atoms with van der Waals surface area (Å²) in [5.74, 6) is -1.91. The maximum absolute atomic E-state index is 13.0. The van der Waals surface area contributed by atoms with Crippen molar-refractivity contribution >= 4 is 29.2 Å². The Morgan fingerprint density at radius 3 is 2.58 bits per heavy atom. The lowest BCUT2D eigenvalue weighted by Gasteiger charge is -2.36. The Kier molecular flexibility index (Phi) is 3.75. The summed E-state index contributed by atoms with van der Waals surface area (Å²) >= 11 is 5.60. The van der Waals surface area contributed by atoms with Gasteiger partial charge in [0, 0.05) is 12.1 Å². The minimum Gasteiger partial charge on any atom is -0.481 e. The van der Waals surface area contributed by atoms with E-state index in [1.807, 2.05) is 0 Å². The average molecular weight is 286 g/mol.